The van der Waals surface area contributed by atoms with E-state index in [1.54, 1.807) is 6.07 Å². The number of ether oxygens (including phenoxy) is 2. The second-order valence-electron chi connectivity index (χ2n) is 25.9. The van der Waals surface area contributed by atoms with Gasteiger partial charge in [-0.1, -0.05) is 105 Å². The van der Waals surface area contributed by atoms with Crippen LogP contribution in [-0.4, -0.2) is 54.1 Å². The number of carbonyl (C=O) groups is 2. The highest BCUT2D eigenvalue weighted by atomic mass is 16.6. The molecule has 10 atom stereocenters. The summed E-state index contributed by atoms with van der Waals surface area (Å²) >= 11 is 0. The number of nitrogens with one attached hydrogen (secondary N) is 3. The Morgan fingerprint density at radius 1 is 0.810 bits per heavy atom. The third kappa shape index (κ3) is 9.80. The minimum absolute atomic E-state index is 0.0198. The molecule has 4 aromatic rings. The molecule has 6 aliphatic carbocycles. The maximum absolute atomic E-state index is 15.3. The number of allylic oxidation sites excluding steroid dienone is 5. The van der Waals surface area contributed by atoms with E-state index in [2.05, 4.69) is 121 Å². The number of benzene rings is 4. The second-order valence-corrected chi connectivity index (χ2v) is 25.9. The number of cyclic esters (lactones) is 1. The molecule has 1 spiro atoms. The molecule has 15 rings (SSSR count). The molecule has 79 heavy (non-hydrogen) atoms. The zero-order valence-corrected chi connectivity index (χ0v) is 46.8. The van der Waals surface area contributed by atoms with Crippen molar-refractivity contribution in [1.82, 2.24) is 16.0 Å². The molecule has 11 aliphatic rings. The van der Waals surface area contributed by atoms with Gasteiger partial charge in [-0.15, -0.1) is 0 Å². The van der Waals surface area contributed by atoms with Crippen LogP contribution in [0, 0.1) is 52.3 Å². The van der Waals surface area contributed by atoms with Crippen LogP contribution in [0.15, 0.2) is 137 Å². The summed E-state index contributed by atoms with van der Waals surface area (Å²) in [6, 6.07) is 34.3. The van der Waals surface area contributed by atoms with Crippen LogP contribution >= 0.6 is 0 Å². The summed E-state index contributed by atoms with van der Waals surface area (Å²) < 4.78 is 13.5. The van der Waals surface area contributed by atoms with Crippen LogP contribution in [0.1, 0.15) is 144 Å². The maximum atomic E-state index is 15.3. The summed E-state index contributed by atoms with van der Waals surface area (Å²) in [4.78, 5) is 30.6. The maximum Gasteiger partial charge on any atom is 0.340 e. The second kappa shape index (κ2) is 21.7. The van der Waals surface area contributed by atoms with Gasteiger partial charge >= 0.3 is 11.9 Å². The van der Waals surface area contributed by atoms with Gasteiger partial charge in [-0.3, -0.25) is 0 Å². The molecule has 0 amide bonds. The normalized spacial score (nSPS) is 32.0. The van der Waals surface area contributed by atoms with Gasteiger partial charge in [0, 0.05) is 23.6 Å². The zero-order valence-electron chi connectivity index (χ0n) is 46.8. The fourth-order valence-electron chi connectivity index (χ4n) is 17.8. The van der Waals surface area contributed by atoms with Crippen molar-refractivity contribution >= 4 is 17.5 Å². The van der Waals surface area contributed by atoms with Gasteiger partial charge in [0.1, 0.15) is 17.3 Å². The lowest BCUT2D eigenvalue weighted by Gasteiger charge is -2.56. The molecule has 9 nitrogen and oxygen atoms in total. The van der Waals surface area contributed by atoms with Crippen LogP contribution in [0.3, 0.4) is 0 Å². The highest BCUT2D eigenvalue weighted by Gasteiger charge is 2.69. The van der Waals surface area contributed by atoms with E-state index < -0.39 is 11.0 Å². The van der Waals surface area contributed by atoms with Gasteiger partial charge in [0.05, 0.1) is 22.8 Å². The lowest BCUT2D eigenvalue weighted by atomic mass is 9.44. The monoisotopic (exact) mass is 1060 g/mol. The van der Waals surface area contributed by atoms with Gasteiger partial charge < -0.3 is 35.6 Å². The number of aromatic hydroxyl groups is 1. The fourth-order valence-corrected chi connectivity index (χ4v) is 17.8. The van der Waals surface area contributed by atoms with Gasteiger partial charge in [-0.25, -0.2) is 9.59 Å². The summed E-state index contributed by atoms with van der Waals surface area (Å²) in [7, 11) is 2.08. The number of phenolic OH excluding ortho intramolecular Hbond substituents is 1. The Bertz CT molecular complexity index is 3110. The molecule has 5 fully saturated rings. The Morgan fingerprint density at radius 3 is 2.49 bits per heavy atom. The van der Waals surface area contributed by atoms with E-state index in [1.807, 2.05) is 12.1 Å². The van der Waals surface area contributed by atoms with Crippen LogP contribution in [0.4, 0.5) is 0 Å². The van der Waals surface area contributed by atoms with Crippen LogP contribution in [0.5, 0.6) is 5.75 Å². The first-order valence-electron chi connectivity index (χ1n) is 30.8. The van der Waals surface area contributed by atoms with Crippen molar-refractivity contribution in [3.63, 3.8) is 0 Å². The van der Waals surface area contributed by atoms with Gasteiger partial charge in [0.15, 0.2) is 0 Å². The molecular formula is C70H83N3O6. The van der Waals surface area contributed by atoms with E-state index in [9.17, 15) is 10.2 Å². The molecule has 5 aliphatic heterocycles. The number of rotatable bonds is 9. The Hall–Kier alpha value is -5.58. The van der Waals surface area contributed by atoms with Crippen molar-refractivity contribution < 1.29 is 29.3 Å². The molecule has 10 unspecified atom stereocenters. The Morgan fingerprint density at radius 2 is 1.65 bits per heavy atom. The molecule has 5 heterocycles. The van der Waals surface area contributed by atoms with Gasteiger partial charge in [0.2, 0.25) is 0 Å². The van der Waals surface area contributed by atoms with Crippen LogP contribution in [0.2, 0.25) is 0 Å². The highest BCUT2D eigenvalue weighted by Crippen LogP contribution is 2.72. The van der Waals surface area contributed by atoms with Gasteiger partial charge in [-0.2, -0.15) is 0 Å². The largest absolute Gasteiger partial charge is 0.508 e. The quantitative estimate of drug-likeness (QED) is 0.104. The summed E-state index contributed by atoms with van der Waals surface area (Å²) in [5.41, 5.74) is 10.0. The topological polar surface area (TPSA) is 129 Å². The van der Waals surface area contributed by atoms with E-state index in [0.717, 1.165) is 168 Å². The first kappa shape index (κ1) is 52.8. The zero-order chi connectivity index (χ0) is 53.9. The third-order valence-corrected chi connectivity index (χ3v) is 21.6. The standard InChI is InChI=1S/C70H83N3O6/c1-3-44(34-45-12-6-4-7-13-45)38-60-70-31-23-55-56-20-21-57-59(78-66(75)63(57)64(56)70)24-29-68(52-26-33-73-61(39-52)71-2)41-50(22-30-69(77)27-8-5-9-28-69)51(42-68)36-47-15-10-14-46(35-47)25-32-72-43-48-16-11-17-49(37-48)54-19-18-53(74)40-58(54)62(55)65(70)67(76)79-60/h4,6-7,10-19,24,35,37-38,40,44,50-52,55-56,61,64,71-74,77H,3,5,8-9,20-23,25-34,36,39,41-43H2,1-2H3. The van der Waals surface area contributed by atoms with Crippen molar-refractivity contribution in [3.8, 4) is 16.9 Å². The Kier molecular flexibility index (Phi) is 14.5. The van der Waals surface area contributed by atoms with E-state index in [0.29, 0.717) is 42.1 Å². The average Bonchev–Trinajstić information content (AvgIpc) is 2.99. The van der Waals surface area contributed by atoms with Crippen molar-refractivity contribution in [3.05, 3.63) is 165 Å². The Labute approximate surface area is 468 Å². The minimum atomic E-state index is -0.879. The number of hydrogen-bond donors (Lipinski definition) is 5. The summed E-state index contributed by atoms with van der Waals surface area (Å²) in [5, 5.41) is 34.7. The molecule has 3 saturated carbocycles. The first-order valence-corrected chi connectivity index (χ1v) is 30.8. The van der Waals surface area contributed by atoms with Crippen LogP contribution in [0.25, 0.3) is 16.7 Å². The van der Waals surface area contributed by atoms with Gasteiger partial charge in [0.25, 0.3) is 0 Å². The van der Waals surface area contributed by atoms with E-state index >= 15 is 9.59 Å². The molecule has 4 aromatic carbocycles. The molecule has 0 aromatic heterocycles. The summed E-state index contributed by atoms with van der Waals surface area (Å²) in [6.07, 6.45) is 23.9. The van der Waals surface area contributed by atoms with E-state index in [4.69, 9.17) is 9.47 Å². The number of piperidine rings is 1. The molecule has 5 N–H and O–H groups in total. The van der Waals surface area contributed by atoms with Crippen LogP contribution in [-0.2, 0) is 44.9 Å². The summed E-state index contributed by atoms with van der Waals surface area (Å²) in [5.74, 6) is 2.23. The van der Waals surface area contributed by atoms with Crippen molar-refractivity contribution in [2.45, 2.75) is 154 Å². The minimum Gasteiger partial charge on any atom is -0.508 e. The lowest BCUT2D eigenvalue weighted by molar-refractivity contribution is -0.135. The third-order valence-electron chi connectivity index (χ3n) is 21.6. The van der Waals surface area contributed by atoms with E-state index in [-0.39, 0.29) is 52.9 Å². The number of aliphatic hydroxyl groups is 1. The first-order chi connectivity index (χ1) is 38.5. The van der Waals surface area contributed by atoms with Gasteiger partial charge in [-0.05, 0) is 245 Å². The summed E-state index contributed by atoms with van der Waals surface area (Å²) in [6.45, 7) is 4.73. The molecule has 14 bridgehead atoms. The number of hydrogen-bond acceptors (Lipinski definition) is 9. The SMILES string of the molecule is CCC(C=C1OC(=O)C2=C3c4cc(O)ccc4-c4cccc(c4)CNCCc4cccc(c4)CC4CC(C5CCNC(NC)C5)(CC=C5OC(=O)C6=C5CCC5C3CCC12C65)CC4CCC1(O)CCCCC1)Cc1ccccc1. The number of phenols is 1. The molecule has 414 valence electrons. The predicted molar refractivity (Wildman–Crippen MR) is 311 cm³/mol. The van der Waals surface area contributed by atoms with Crippen molar-refractivity contribution in [1.29, 1.82) is 0 Å². The predicted octanol–water partition coefficient (Wildman–Crippen LogP) is 13.0. The fraction of sp³-hybridized carbons (Fsp3) is 0.514. The lowest BCUT2D eigenvalue weighted by Crippen LogP contribution is -2.52. The van der Waals surface area contributed by atoms with Crippen LogP contribution < -0.4 is 16.0 Å². The molecule has 0 radical (unpaired) electrons. The average molecular weight is 1060 g/mol. The highest BCUT2D eigenvalue weighted by molar-refractivity contribution is 6.07. The smallest absolute Gasteiger partial charge is 0.340 e. The molecule has 9 heteroatoms. The number of esters is 2. The molecular weight excluding hydrogens is 979 g/mol. The van der Waals surface area contributed by atoms with Crippen molar-refractivity contribution in [2.75, 3.05) is 20.1 Å². The Balaban J connectivity index is 0.965. The van der Waals surface area contributed by atoms with Crippen molar-refractivity contribution in [2.24, 2.45) is 52.3 Å². The molecule has 2 saturated heterocycles. The number of fused-ring (bicyclic) bond motifs is 5. The number of carbonyl (C=O) groups excluding carboxylic acids is 2. The van der Waals surface area contributed by atoms with E-state index in [1.165, 1.54) is 28.7 Å².